The number of ether oxygens (including phenoxy) is 1. The molecule has 0 saturated heterocycles. The van der Waals surface area contributed by atoms with E-state index in [9.17, 15) is 4.79 Å². The molecule has 0 N–H and O–H groups in total. The summed E-state index contributed by atoms with van der Waals surface area (Å²) in [5, 5.41) is 0. The Morgan fingerprint density at radius 2 is 2.31 bits per heavy atom. The van der Waals surface area contributed by atoms with E-state index in [1.165, 1.54) is 32.6 Å². The lowest BCUT2D eigenvalue weighted by Crippen LogP contribution is -2.20. The van der Waals surface area contributed by atoms with Crippen LogP contribution in [0.2, 0.25) is 0 Å². The van der Waals surface area contributed by atoms with Gasteiger partial charge >= 0.3 is 5.97 Å². The number of esters is 1. The Labute approximate surface area is 80.7 Å². The molecule has 13 heavy (non-hydrogen) atoms. The molecule has 0 heterocycles. The third-order valence-electron chi connectivity index (χ3n) is 2.82. The van der Waals surface area contributed by atoms with Gasteiger partial charge in [-0.05, 0) is 31.1 Å². The summed E-state index contributed by atoms with van der Waals surface area (Å²) in [5.74, 6) is 1.19. The van der Waals surface area contributed by atoms with E-state index in [0.717, 1.165) is 5.92 Å². The lowest BCUT2D eigenvalue weighted by Gasteiger charge is -2.27. The molecule has 2 nitrogen and oxygen atoms in total. The Balaban J connectivity index is 2.21. The highest BCUT2D eigenvalue weighted by Crippen LogP contribution is 2.30. The molecule has 1 radical (unpaired) electrons. The summed E-state index contributed by atoms with van der Waals surface area (Å²) < 4.78 is 5.02. The van der Waals surface area contributed by atoms with Crippen molar-refractivity contribution in [3.05, 3.63) is 6.42 Å². The lowest BCUT2D eigenvalue weighted by atomic mass is 9.80. The van der Waals surface area contributed by atoms with E-state index < -0.39 is 0 Å². The molecule has 1 fully saturated rings. The molecule has 2 heteroatoms. The Morgan fingerprint density at radius 1 is 1.54 bits per heavy atom. The Kier molecular flexibility index (Phi) is 4.26. The van der Waals surface area contributed by atoms with Crippen LogP contribution in [0.15, 0.2) is 0 Å². The summed E-state index contributed by atoms with van der Waals surface area (Å²) in [6, 6.07) is 0. The summed E-state index contributed by atoms with van der Waals surface area (Å²) in [5.41, 5.74) is 0. The van der Waals surface area contributed by atoms with Gasteiger partial charge in [0, 0.05) is 6.92 Å². The van der Waals surface area contributed by atoms with Crippen LogP contribution in [0.25, 0.3) is 0 Å². The maximum absolute atomic E-state index is 10.6. The molecule has 2 unspecified atom stereocenters. The highest BCUT2D eigenvalue weighted by Gasteiger charge is 2.21. The first-order chi connectivity index (χ1) is 6.22. The van der Waals surface area contributed by atoms with Gasteiger partial charge in [0.15, 0.2) is 0 Å². The number of rotatable bonds is 3. The zero-order chi connectivity index (χ0) is 9.68. The third-order valence-corrected chi connectivity index (χ3v) is 2.82. The molecule has 1 rings (SSSR count). The van der Waals surface area contributed by atoms with Crippen LogP contribution in [0.1, 0.15) is 39.5 Å². The van der Waals surface area contributed by atoms with Crippen LogP contribution in [-0.2, 0) is 9.53 Å². The second-order valence-electron chi connectivity index (χ2n) is 3.93. The first-order valence-corrected chi connectivity index (χ1v) is 5.15. The third kappa shape index (κ3) is 3.79. The van der Waals surface area contributed by atoms with Crippen molar-refractivity contribution < 1.29 is 9.53 Å². The summed E-state index contributed by atoms with van der Waals surface area (Å²) in [6.07, 6.45) is 7.29. The molecule has 1 saturated carbocycles. The number of carbonyl (C=O) groups excluding carboxylic acids is 1. The van der Waals surface area contributed by atoms with E-state index in [0.29, 0.717) is 12.5 Å². The predicted molar refractivity (Wildman–Crippen MR) is 52.1 cm³/mol. The number of carbonyl (C=O) groups is 1. The van der Waals surface area contributed by atoms with E-state index in [2.05, 4.69) is 13.3 Å². The maximum Gasteiger partial charge on any atom is 0.302 e. The van der Waals surface area contributed by atoms with Crippen molar-refractivity contribution in [1.29, 1.82) is 0 Å². The van der Waals surface area contributed by atoms with Crippen LogP contribution in [-0.4, -0.2) is 12.6 Å². The molecule has 0 aromatic heterocycles. The average molecular weight is 183 g/mol. The van der Waals surface area contributed by atoms with Crippen LogP contribution in [0.5, 0.6) is 0 Å². The monoisotopic (exact) mass is 183 g/mol. The minimum absolute atomic E-state index is 0.150. The first kappa shape index (κ1) is 10.6. The molecule has 0 spiro atoms. The smallest absolute Gasteiger partial charge is 0.302 e. The second kappa shape index (κ2) is 5.25. The van der Waals surface area contributed by atoms with Gasteiger partial charge in [-0.2, -0.15) is 0 Å². The summed E-state index contributed by atoms with van der Waals surface area (Å²) in [6.45, 7) is 4.23. The fourth-order valence-electron chi connectivity index (χ4n) is 2.02. The van der Waals surface area contributed by atoms with Crippen LogP contribution in [0.3, 0.4) is 0 Å². The molecule has 0 aromatic rings. The van der Waals surface area contributed by atoms with Crippen LogP contribution >= 0.6 is 0 Å². The zero-order valence-corrected chi connectivity index (χ0v) is 8.58. The number of hydrogen-bond donors (Lipinski definition) is 0. The van der Waals surface area contributed by atoms with Crippen molar-refractivity contribution in [2.45, 2.75) is 39.5 Å². The quantitative estimate of drug-likeness (QED) is 0.629. The minimum Gasteiger partial charge on any atom is -0.466 e. The van der Waals surface area contributed by atoms with Crippen molar-refractivity contribution in [2.24, 2.45) is 11.8 Å². The molecule has 2 atom stereocenters. The molecule has 1 aliphatic rings. The van der Waals surface area contributed by atoms with E-state index in [4.69, 9.17) is 4.74 Å². The van der Waals surface area contributed by atoms with Crippen LogP contribution in [0.4, 0.5) is 0 Å². The molecule has 0 aromatic carbocycles. The van der Waals surface area contributed by atoms with Gasteiger partial charge in [-0.1, -0.05) is 19.8 Å². The average Bonchev–Trinajstić information content (AvgIpc) is 2.15. The van der Waals surface area contributed by atoms with Crippen molar-refractivity contribution in [1.82, 2.24) is 0 Å². The fourth-order valence-corrected chi connectivity index (χ4v) is 2.02. The highest BCUT2D eigenvalue weighted by atomic mass is 16.5. The van der Waals surface area contributed by atoms with Gasteiger partial charge in [0.2, 0.25) is 0 Å². The first-order valence-electron chi connectivity index (χ1n) is 5.15. The second-order valence-corrected chi connectivity index (χ2v) is 3.93. The van der Waals surface area contributed by atoms with E-state index in [1.54, 1.807) is 0 Å². The Bertz CT molecular complexity index is 165. The van der Waals surface area contributed by atoms with Crippen molar-refractivity contribution in [3.63, 3.8) is 0 Å². The van der Waals surface area contributed by atoms with E-state index >= 15 is 0 Å². The molecular formula is C11H19O2. The minimum atomic E-state index is -0.150. The topological polar surface area (TPSA) is 26.3 Å². The molecule has 0 bridgehead atoms. The van der Waals surface area contributed by atoms with E-state index in [-0.39, 0.29) is 5.97 Å². The standard InChI is InChI=1S/C11H19O2/c1-3-10-5-4-6-11(7-10)8-13-9(2)12/h3,10-11H,4-8H2,1-2H3. The summed E-state index contributed by atoms with van der Waals surface area (Å²) in [4.78, 5) is 10.6. The molecule has 0 amide bonds. The predicted octanol–water partition coefficient (Wildman–Crippen LogP) is 2.58. The van der Waals surface area contributed by atoms with Gasteiger partial charge in [-0.15, -0.1) is 0 Å². The van der Waals surface area contributed by atoms with E-state index in [1.807, 2.05) is 0 Å². The molecule has 75 valence electrons. The fraction of sp³-hybridized carbons (Fsp3) is 0.818. The number of hydrogen-bond acceptors (Lipinski definition) is 2. The SMILES string of the molecule is C[CH]C1CCCC(COC(C)=O)C1. The van der Waals surface area contributed by atoms with Gasteiger partial charge < -0.3 is 4.74 Å². The van der Waals surface area contributed by atoms with Crippen LogP contribution < -0.4 is 0 Å². The van der Waals surface area contributed by atoms with Gasteiger partial charge in [0.05, 0.1) is 6.61 Å². The summed E-state index contributed by atoms with van der Waals surface area (Å²) in [7, 11) is 0. The molecular weight excluding hydrogens is 164 g/mol. The zero-order valence-electron chi connectivity index (χ0n) is 8.58. The van der Waals surface area contributed by atoms with Gasteiger partial charge in [-0.3, -0.25) is 4.79 Å². The lowest BCUT2D eigenvalue weighted by molar-refractivity contribution is -0.142. The van der Waals surface area contributed by atoms with Crippen molar-refractivity contribution in [2.75, 3.05) is 6.61 Å². The molecule has 1 aliphatic carbocycles. The Hall–Kier alpha value is -0.530. The largest absolute Gasteiger partial charge is 0.466 e. The van der Waals surface area contributed by atoms with Gasteiger partial charge in [-0.25, -0.2) is 0 Å². The normalized spacial score (nSPS) is 28.5. The highest BCUT2D eigenvalue weighted by molar-refractivity contribution is 5.65. The van der Waals surface area contributed by atoms with Crippen molar-refractivity contribution in [3.8, 4) is 0 Å². The molecule has 0 aliphatic heterocycles. The van der Waals surface area contributed by atoms with Crippen LogP contribution in [0, 0.1) is 18.3 Å². The maximum atomic E-state index is 10.6. The van der Waals surface area contributed by atoms with Gasteiger partial charge in [0.25, 0.3) is 0 Å². The van der Waals surface area contributed by atoms with Crippen molar-refractivity contribution >= 4 is 5.97 Å². The van der Waals surface area contributed by atoms with Gasteiger partial charge in [0.1, 0.15) is 0 Å². The summed E-state index contributed by atoms with van der Waals surface area (Å²) >= 11 is 0. The Morgan fingerprint density at radius 3 is 2.92 bits per heavy atom.